The Kier molecular flexibility index (Phi) is 6.95. The number of nitrogens with zero attached hydrogens (tertiary/aromatic N) is 3. The lowest BCUT2D eigenvalue weighted by Crippen LogP contribution is -2.24. The zero-order chi connectivity index (χ0) is 19.9. The van der Waals surface area contributed by atoms with Gasteiger partial charge in [0.1, 0.15) is 5.75 Å². The van der Waals surface area contributed by atoms with Crippen LogP contribution >= 0.6 is 23.4 Å². The van der Waals surface area contributed by atoms with Crippen LogP contribution in [0.1, 0.15) is 12.5 Å². The maximum Gasteiger partial charge on any atom is 0.230 e. The molecule has 0 fully saturated rings. The Morgan fingerprint density at radius 3 is 2.68 bits per heavy atom. The largest absolute Gasteiger partial charge is 0.497 e. The molecule has 2 aromatic carbocycles. The van der Waals surface area contributed by atoms with Crippen LogP contribution in [0.3, 0.4) is 0 Å². The minimum Gasteiger partial charge on any atom is -0.497 e. The quantitative estimate of drug-likeness (QED) is 0.561. The molecule has 0 aliphatic carbocycles. The summed E-state index contributed by atoms with van der Waals surface area (Å²) in [5.74, 6) is 1.76. The summed E-state index contributed by atoms with van der Waals surface area (Å²) < 4.78 is 7.19. The van der Waals surface area contributed by atoms with Crippen molar-refractivity contribution in [2.24, 2.45) is 0 Å². The minimum absolute atomic E-state index is 0.0679. The second-order valence-electron chi connectivity index (χ2n) is 5.97. The first-order valence-corrected chi connectivity index (χ1v) is 10.2. The highest BCUT2D eigenvalue weighted by Crippen LogP contribution is 2.25. The Balaban J connectivity index is 1.61. The van der Waals surface area contributed by atoms with Gasteiger partial charge in [0.15, 0.2) is 11.0 Å². The van der Waals surface area contributed by atoms with Gasteiger partial charge in [0.25, 0.3) is 0 Å². The lowest BCUT2D eigenvalue weighted by molar-refractivity contribution is -0.118. The van der Waals surface area contributed by atoms with E-state index in [-0.39, 0.29) is 11.7 Å². The zero-order valence-electron chi connectivity index (χ0n) is 15.7. The van der Waals surface area contributed by atoms with E-state index in [1.165, 1.54) is 11.8 Å². The molecule has 0 bridgehead atoms. The summed E-state index contributed by atoms with van der Waals surface area (Å²) in [6, 6.07) is 15.1. The number of hydrogen-bond donors (Lipinski definition) is 1. The van der Waals surface area contributed by atoms with E-state index in [2.05, 4.69) is 15.5 Å². The molecule has 0 atom stereocenters. The first-order valence-electron chi connectivity index (χ1n) is 8.82. The van der Waals surface area contributed by atoms with Crippen LogP contribution in [0.25, 0.3) is 11.4 Å². The number of rotatable bonds is 8. The van der Waals surface area contributed by atoms with Gasteiger partial charge in [-0.3, -0.25) is 4.79 Å². The van der Waals surface area contributed by atoms with Crippen molar-refractivity contribution in [2.45, 2.75) is 25.2 Å². The molecule has 0 saturated heterocycles. The fraction of sp³-hybridized carbons (Fsp3) is 0.250. The molecule has 6 nitrogen and oxygen atoms in total. The number of carbonyl (C=O) groups is 1. The molecule has 1 amide bonds. The Morgan fingerprint density at radius 1 is 1.21 bits per heavy atom. The Morgan fingerprint density at radius 2 is 2.00 bits per heavy atom. The maximum atomic E-state index is 12.2. The third kappa shape index (κ3) is 5.05. The number of methoxy groups -OCH3 is 1. The predicted octanol–water partition coefficient (Wildman–Crippen LogP) is 4.04. The second-order valence-corrected chi connectivity index (χ2v) is 7.35. The molecule has 1 aromatic heterocycles. The van der Waals surface area contributed by atoms with Crippen molar-refractivity contribution >= 4 is 29.3 Å². The van der Waals surface area contributed by atoms with Gasteiger partial charge >= 0.3 is 0 Å². The number of nitrogens with one attached hydrogen (secondary N) is 1. The topological polar surface area (TPSA) is 69.0 Å². The molecule has 3 rings (SSSR count). The Hall–Kier alpha value is -2.51. The number of aromatic nitrogens is 3. The van der Waals surface area contributed by atoms with E-state index in [0.29, 0.717) is 23.3 Å². The van der Waals surface area contributed by atoms with Gasteiger partial charge in [0.2, 0.25) is 5.91 Å². The summed E-state index contributed by atoms with van der Waals surface area (Å²) in [5.41, 5.74) is 1.91. The first-order chi connectivity index (χ1) is 13.6. The molecule has 28 heavy (non-hydrogen) atoms. The number of ether oxygens (including phenoxy) is 1. The third-order valence-electron chi connectivity index (χ3n) is 4.09. The van der Waals surface area contributed by atoms with Gasteiger partial charge in [-0.2, -0.15) is 0 Å². The highest BCUT2D eigenvalue weighted by molar-refractivity contribution is 7.99. The molecule has 0 spiro atoms. The minimum atomic E-state index is -0.0679. The number of benzene rings is 2. The molecule has 1 N–H and O–H groups in total. The Labute approximate surface area is 173 Å². The molecule has 0 unspecified atom stereocenters. The third-order valence-corrected chi connectivity index (χ3v) is 5.29. The number of hydrogen-bond acceptors (Lipinski definition) is 5. The molecular weight excluding hydrogens is 396 g/mol. The number of halogens is 1. The second kappa shape index (κ2) is 9.61. The van der Waals surface area contributed by atoms with Crippen molar-refractivity contribution in [2.75, 3.05) is 12.9 Å². The van der Waals surface area contributed by atoms with Gasteiger partial charge in [-0.25, -0.2) is 0 Å². The molecule has 0 radical (unpaired) electrons. The summed E-state index contributed by atoms with van der Waals surface area (Å²) in [7, 11) is 1.63. The fourth-order valence-electron chi connectivity index (χ4n) is 2.66. The van der Waals surface area contributed by atoms with Gasteiger partial charge in [-0.15, -0.1) is 10.2 Å². The van der Waals surface area contributed by atoms with Crippen LogP contribution in [0.4, 0.5) is 0 Å². The average molecular weight is 417 g/mol. The van der Waals surface area contributed by atoms with E-state index < -0.39 is 0 Å². The lowest BCUT2D eigenvalue weighted by Gasteiger charge is -2.08. The van der Waals surface area contributed by atoms with Gasteiger partial charge < -0.3 is 14.6 Å². The monoisotopic (exact) mass is 416 g/mol. The van der Waals surface area contributed by atoms with Crippen molar-refractivity contribution < 1.29 is 9.53 Å². The molecule has 1 heterocycles. The van der Waals surface area contributed by atoms with Gasteiger partial charge in [0, 0.05) is 23.7 Å². The highest BCUT2D eigenvalue weighted by atomic mass is 35.5. The van der Waals surface area contributed by atoms with Crippen molar-refractivity contribution in [1.29, 1.82) is 0 Å². The zero-order valence-corrected chi connectivity index (χ0v) is 17.3. The van der Waals surface area contributed by atoms with Gasteiger partial charge in [-0.1, -0.05) is 35.5 Å². The lowest BCUT2D eigenvalue weighted by atomic mass is 10.2. The molecule has 3 aromatic rings. The van der Waals surface area contributed by atoms with Crippen LogP contribution < -0.4 is 10.1 Å². The van der Waals surface area contributed by atoms with Crippen molar-refractivity contribution in [3.63, 3.8) is 0 Å². The molecule has 8 heteroatoms. The molecule has 0 aliphatic heterocycles. The molecule has 0 aliphatic rings. The molecular formula is C20H21ClN4O2S. The average Bonchev–Trinajstić information content (AvgIpc) is 3.13. The van der Waals surface area contributed by atoms with Gasteiger partial charge in [-0.05, 0) is 48.9 Å². The van der Waals surface area contributed by atoms with Crippen LogP contribution in [-0.4, -0.2) is 33.5 Å². The van der Waals surface area contributed by atoms with Crippen LogP contribution in [0.5, 0.6) is 5.75 Å². The maximum absolute atomic E-state index is 12.2. The standard InChI is InChI=1S/C20H21ClN4O2S/c1-3-25-19(15-7-9-17(27-2)10-8-15)23-24-20(25)28-13-18(26)22-12-14-5-4-6-16(21)11-14/h4-11H,3,12-13H2,1-2H3,(H,22,26). The molecule has 146 valence electrons. The van der Waals surface area contributed by atoms with E-state index >= 15 is 0 Å². The van der Waals surface area contributed by atoms with Crippen LogP contribution in [0.2, 0.25) is 5.02 Å². The van der Waals surface area contributed by atoms with Crippen molar-refractivity contribution in [3.8, 4) is 17.1 Å². The predicted molar refractivity (Wildman–Crippen MR) is 112 cm³/mol. The van der Waals surface area contributed by atoms with E-state index in [1.807, 2.05) is 54.0 Å². The first kappa shape index (κ1) is 20.2. The summed E-state index contributed by atoms with van der Waals surface area (Å²) in [5, 5.41) is 12.8. The van der Waals surface area contributed by atoms with Crippen LogP contribution in [0.15, 0.2) is 53.7 Å². The summed E-state index contributed by atoms with van der Waals surface area (Å²) >= 11 is 7.33. The van der Waals surface area contributed by atoms with Crippen LogP contribution in [0, 0.1) is 0 Å². The summed E-state index contributed by atoms with van der Waals surface area (Å²) in [6.45, 7) is 3.18. The van der Waals surface area contributed by atoms with Crippen molar-refractivity contribution in [1.82, 2.24) is 20.1 Å². The number of thioether (sulfide) groups is 1. The number of amides is 1. The van der Waals surface area contributed by atoms with Gasteiger partial charge in [0.05, 0.1) is 12.9 Å². The van der Waals surface area contributed by atoms with E-state index in [0.717, 1.165) is 22.7 Å². The van der Waals surface area contributed by atoms with E-state index in [1.54, 1.807) is 13.2 Å². The van der Waals surface area contributed by atoms with Crippen LogP contribution in [-0.2, 0) is 17.9 Å². The Bertz CT molecular complexity index is 944. The van der Waals surface area contributed by atoms with E-state index in [9.17, 15) is 4.79 Å². The fourth-order valence-corrected chi connectivity index (χ4v) is 3.71. The highest BCUT2D eigenvalue weighted by Gasteiger charge is 2.14. The molecule has 0 saturated carbocycles. The summed E-state index contributed by atoms with van der Waals surface area (Å²) in [4.78, 5) is 12.2. The van der Waals surface area contributed by atoms with E-state index in [4.69, 9.17) is 16.3 Å². The van der Waals surface area contributed by atoms with Crippen molar-refractivity contribution in [3.05, 3.63) is 59.1 Å². The normalized spacial score (nSPS) is 10.7. The smallest absolute Gasteiger partial charge is 0.230 e. The SMILES string of the molecule is CCn1c(SCC(=O)NCc2cccc(Cl)c2)nnc1-c1ccc(OC)cc1. The summed E-state index contributed by atoms with van der Waals surface area (Å²) in [6.07, 6.45) is 0. The number of carbonyl (C=O) groups excluding carboxylic acids is 1.